The van der Waals surface area contributed by atoms with Gasteiger partial charge < -0.3 is 74.1 Å². The molecule has 2 aliphatic heterocycles. The number of benzene rings is 2. The molecule has 2 fully saturated rings. The van der Waals surface area contributed by atoms with Gasteiger partial charge in [-0.2, -0.15) is 0 Å². The lowest BCUT2D eigenvalue weighted by Gasteiger charge is -2.42. The minimum absolute atomic E-state index is 0.0616. The molecule has 1 aromatic heterocycles. The van der Waals surface area contributed by atoms with Crippen LogP contribution in [0.1, 0.15) is 0 Å². The minimum atomic E-state index is -1.86. The number of rotatable bonds is 8. The van der Waals surface area contributed by atoms with E-state index in [-0.39, 0.29) is 34.0 Å². The molecule has 3 heterocycles. The lowest BCUT2D eigenvalue weighted by molar-refractivity contribution is -0.341. The van der Waals surface area contributed by atoms with Gasteiger partial charge in [-0.3, -0.25) is 4.79 Å². The third-order valence-electron chi connectivity index (χ3n) is 7.44. The highest BCUT2D eigenvalue weighted by molar-refractivity contribution is 5.86. The second-order valence-corrected chi connectivity index (χ2v) is 10.3. The number of methoxy groups -OCH3 is 1. The Balaban J connectivity index is 1.36. The molecule has 10 atom stereocenters. The number of aliphatic hydroxyl groups is 7. The number of hydrogen-bond acceptors (Lipinski definition) is 16. The standard InChI is InChI=1S/C28H32O16/c1-39-16-4-10(2-3-12(16)30)15-7-14(32)20-13(31)5-11(6-17(20)42-15)41-28-26(38)24(36)25(37)27(44-28)40-9-19-22(34)23(35)21(33)18(8-29)43-19/h2-7,18-19,21-31,33-38H,8-9H2,1H3/t18-,19+,21-,22+,23+,24-,25-,26+,27-,28+/m0/s1. The first-order valence-corrected chi connectivity index (χ1v) is 13.4. The average molecular weight is 625 g/mol. The van der Waals surface area contributed by atoms with Gasteiger partial charge in [0.05, 0.1) is 20.3 Å². The van der Waals surface area contributed by atoms with Crippen LogP contribution in [0.5, 0.6) is 23.0 Å². The predicted molar refractivity (Wildman–Crippen MR) is 145 cm³/mol. The molecule has 2 aromatic carbocycles. The fourth-order valence-electron chi connectivity index (χ4n) is 4.98. The highest BCUT2D eigenvalue weighted by atomic mass is 16.8. The lowest BCUT2D eigenvalue weighted by Crippen LogP contribution is -2.62. The third kappa shape index (κ3) is 6.04. The zero-order chi connectivity index (χ0) is 31.9. The zero-order valence-corrected chi connectivity index (χ0v) is 23.0. The molecule has 0 saturated carbocycles. The summed E-state index contributed by atoms with van der Waals surface area (Å²) in [6.07, 6.45) is -16.3. The molecule has 2 aliphatic rings. The van der Waals surface area contributed by atoms with Gasteiger partial charge in [-0.25, -0.2) is 0 Å². The van der Waals surface area contributed by atoms with E-state index in [1.54, 1.807) is 0 Å². The van der Waals surface area contributed by atoms with Crippen LogP contribution in [0, 0.1) is 0 Å². The maximum Gasteiger partial charge on any atom is 0.231 e. The highest BCUT2D eigenvalue weighted by Crippen LogP contribution is 2.35. The Bertz CT molecular complexity index is 1520. The Labute approximate surface area is 248 Å². The maximum absolute atomic E-state index is 12.8. The molecule has 0 aliphatic carbocycles. The van der Waals surface area contributed by atoms with E-state index in [2.05, 4.69) is 0 Å². The van der Waals surface area contributed by atoms with Crippen molar-refractivity contribution in [2.45, 2.75) is 61.4 Å². The molecule has 0 unspecified atom stereocenters. The van der Waals surface area contributed by atoms with Crippen LogP contribution in [0.3, 0.4) is 0 Å². The minimum Gasteiger partial charge on any atom is -0.507 e. The predicted octanol–water partition coefficient (Wildman–Crippen LogP) is -2.12. The summed E-state index contributed by atoms with van der Waals surface area (Å²) in [7, 11) is 1.35. The summed E-state index contributed by atoms with van der Waals surface area (Å²) in [5.41, 5.74) is -0.366. The largest absolute Gasteiger partial charge is 0.507 e. The number of phenols is 2. The molecule has 0 amide bonds. The molecule has 16 nitrogen and oxygen atoms in total. The van der Waals surface area contributed by atoms with E-state index in [1.807, 2.05) is 0 Å². The summed E-state index contributed by atoms with van der Waals surface area (Å²) in [5, 5.41) is 91.2. The Kier molecular flexibility index (Phi) is 9.28. The maximum atomic E-state index is 12.8. The fourth-order valence-corrected chi connectivity index (χ4v) is 4.98. The molecule has 0 spiro atoms. The first-order valence-electron chi connectivity index (χ1n) is 13.4. The van der Waals surface area contributed by atoms with Crippen molar-refractivity contribution in [2.75, 3.05) is 20.3 Å². The SMILES string of the molecule is COc1cc(-c2cc(=O)c3c(O)cc(O[C@@H]4O[C@H](OC[C@H]5O[C@@H](CO)[C@H](O)[C@@H](O)[C@@H]5O)[C@@H](O)[C@H](O)[C@H]4O)cc3o2)ccc1O. The third-order valence-corrected chi connectivity index (χ3v) is 7.44. The quantitative estimate of drug-likeness (QED) is 0.130. The molecular weight excluding hydrogens is 592 g/mol. The van der Waals surface area contributed by atoms with Crippen molar-refractivity contribution in [3.8, 4) is 34.3 Å². The van der Waals surface area contributed by atoms with Gasteiger partial charge in [-0.05, 0) is 18.2 Å². The summed E-state index contributed by atoms with van der Waals surface area (Å²) < 4.78 is 32.9. The Hall–Kier alpha value is -3.55. The van der Waals surface area contributed by atoms with Gasteiger partial charge in [-0.1, -0.05) is 0 Å². The van der Waals surface area contributed by atoms with E-state index >= 15 is 0 Å². The summed E-state index contributed by atoms with van der Waals surface area (Å²) in [6.45, 7) is -1.22. The number of aliphatic hydroxyl groups excluding tert-OH is 7. The Morgan fingerprint density at radius 3 is 2.16 bits per heavy atom. The Morgan fingerprint density at radius 1 is 0.773 bits per heavy atom. The molecule has 16 heteroatoms. The fraction of sp³-hybridized carbons (Fsp3) is 0.464. The molecule has 3 aromatic rings. The molecule has 44 heavy (non-hydrogen) atoms. The molecule has 0 radical (unpaired) electrons. The molecule has 0 bridgehead atoms. The van der Waals surface area contributed by atoms with Crippen LogP contribution in [-0.2, 0) is 14.2 Å². The van der Waals surface area contributed by atoms with Crippen LogP contribution in [0.4, 0.5) is 0 Å². The van der Waals surface area contributed by atoms with Gasteiger partial charge in [-0.15, -0.1) is 0 Å². The molecule has 5 rings (SSSR count). The molecule has 2 saturated heterocycles. The van der Waals surface area contributed by atoms with Crippen LogP contribution in [0.15, 0.2) is 45.6 Å². The van der Waals surface area contributed by atoms with Crippen LogP contribution in [0.25, 0.3) is 22.3 Å². The zero-order valence-electron chi connectivity index (χ0n) is 23.0. The summed E-state index contributed by atoms with van der Waals surface area (Å²) >= 11 is 0. The summed E-state index contributed by atoms with van der Waals surface area (Å²) in [5.74, 6) is -0.674. The first kappa shape index (κ1) is 31.9. The number of fused-ring (bicyclic) bond motifs is 1. The molecule has 240 valence electrons. The summed E-state index contributed by atoms with van der Waals surface area (Å²) in [6, 6.07) is 7.65. The first-order chi connectivity index (χ1) is 20.9. The van der Waals surface area contributed by atoms with Gasteiger partial charge in [0.25, 0.3) is 0 Å². The van der Waals surface area contributed by atoms with Gasteiger partial charge in [0.15, 0.2) is 23.2 Å². The average Bonchev–Trinajstić information content (AvgIpc) is 3.00. The van der Waals surface area contributed by atoms with Crippen LogP contribution in [0.2, 0.25) is 0 Å². The van der Waals surface area contributed by atoms with Crippen molar-refractivity contribution in [1.82, 2.24) is 0 Å². The number of hydrogen-bond donors (Lipinski definition) is 9. The smallest absolute Gasteiger partial charge is 0.231 e. The number of phenolic OH excluding ortho intramolecular Hbond substituents is 2. The van der Waals surface area contributed by atoms with Crippen LogP contribution in [-0.4, -0.2) is 128 Å². The van der Waals surface area contributed by atoms with Crippen LogP contribution >= 0.6 is 0 Å². The van der Waals surface area contributed by atoms with Gasteiger partial charge in [0.2, 0.25) is 6.29 Å². The van der Waals surface area contributed by atoms with Crippen molar-refractivity contribution in [3.05, 3.63) is 46.6 Å². The van der Waals surface area contributed by atoms with Gasteiger partial charge in [0.1, 0.15) is 77.1 Å². The van der Waals surface area contributed by atoms with E-state index in [0.717, 1.165) is 12.1 Å². The second kappa shape index (κ2) is 12.8. The van der Waals surface area contributed by atoms with Crippen molar-refractivity contribution in [3.63, 3.8) is 0 Å². The molecule has 9 N–H and O–H groups in total. The van der Waals surface area contributed by atoms with E-state index in [9.17, 15) is 50.8 Å². The van der Waals surface area contributed by atoms with E-state index < -0.39 is 85.8 Å². The number of aromatic hydroxyl groups is 2. The van der Waals surface area contributed by atoms with E-state index in [1.165, 1.54) is 31.4 Å². The number of ether oxygens (including phenoxy) is 5. The van der Waals surface area contributed by atoms with Gasteiger partial charge in [0, 0.05) is 23.8 Å². The summed E-state index contributed by atoms with van der Waals surface area (Å²) in [4.78, 5) is 12.8. The lowest BCUT2D eigenvalue weighted by atomic mass is 9.95. The van der Waals surface area contributed by atoms with Crippen LogP contribution < -0.4 is 14.9 Å². The second-order valence-electron chi connectivity index (χ2n) is 10.3. The Morgan fingerprint density at radius 2 is 1.45 bits per heavy atom. The van der Waals surface area contributed by atoms with Crippen molar-refractivity contribution >= 4 is 11.0 Å². The van der Waals surface area contributed by atoms with Crippen molar-refractivity contribution in [1.29, 1.82) is 0 Å². The topological polar surface area (TPSA) is 258 Å². The van der Waals surface area contributed by atoms with Gasteiger partial charge >= 0.3 is 0 Å². The monoisotopic (exact) mass is 624 g/mol. The van der Waals surface area contributed by atoms with Crippen molar-refractivity contribution in [2.24, 2.45) is 0 Å². The normalized spacial score (nSPS) is 32.5. The van der Waals surface area contributed by atoms with E-state index in [4.69, 9.17) is 28.1 Å². The highest BCUT2D eigenvalue weighted by Gasteiger charge is 2.48. The van der Waals surface area contributed by atoms with Crippen molar-refractivity contribution < 1.29 is 74.1 Å². The molecular formula is C28H32O16. The van der Waals surface area contributed by atoms with E-state index in [0.29, 0.717) is 5.56 Å².